The summed E-state index contributed by atoms with van der Waals surface area (Å²) in [5.41, 5.74) is 3.73. The van der Waals surface area contributed by atoms with Crippen LogP contribution in [0.25, 0.3) is 0 Å². The summed E-state index contributed by atoms with van der Waals surface area (Å²) >= 11 is 0. The minimum atomic E-state index is 0.297. The van der Waals surface area contributed by atoms with Gasteiger partial charge in [-0.2, -0.15) is 0 Å². The smallest absolute Gasteiger partial charge is 0.212 e. The van der Waals surface area contributed by atoms with E-state index in [4.69, 9.17) is 4.74 Å². The van der Waals surface area contributed by atoms with E-state index in [2.05, 4.69) is 32.3 Å². The fraction of sp³-hybridized carbons (Fsp3) is 0.0714. The Morgan fingerprint density at radius 3 is 3.21 bits per heavy atom. The molecule has 0 aromatic carbocycles. The van der Waals surface area contributed by atoms with Crippen molar-refractivity contribution in [3.63, 3.8) is 0 Å². The van der Waals surface area contributed by atoms with Gasteiger partial charge in [0.15, 0.2) is 0 Å². The third-order valence-corrected chi connectivity index (χ3v) is 2.58. The number of hydrogen-bond acceptors (Lipinski definition) is 5. The number of nitrogens with zero attached hydrogens (tertiary/aromatic N) is 4. The van der Waals surface area contributed by atoms with Gasteiger partial charge in [0, 0.05) is 24.1 Å². The van der Waals surface area contributed by atoms with E-state index in [-0.39, 0.29) is 0 Å². The van der Waals surface area contributed by atoms with Crippen LogP contribution in [0.5, 0.6) is 0 Å². The second-order valence-corrected chi connectivity index (χ2v) is 3.90. The normalized spacial score (nSPS) is 16.9. The summed E-state index contributed by atoms with van der Waals surface area (Å²) in [6.07, 6.45) is 8.29. The Balaban J connectivity index is 2.18. The van der Waals surface area contributed by atoms with Crippen LogP contribution in [0.4, 0.5) is 0 Å². The molecule has 0 radical (unpaired) electrons. The number of pyridine rings is 1. The molecule has 0 N–H and O–H groups in total. The highest BCUT2D eigenvalue weighted by atomic mass is 16.5. The highest BCUT2D eigenvalue weighted by Gasteiger charge is 2.08. The molecule has 0 amide bonds. The zero-order valence-electron chi connectivity index (χ0n) is 10.1. The van der Waals surface area contributed by atoms with E-state index < -0.39 is 0 Å². The lowest BCUT2D eigenvalue weighted by Gasteiger charge is -2.06. The van der Waals surface area contributed by atoms with Gasteiger partial charge in [-0.15, -0.1) is 0 Å². The number of hydrogen-bond donors (Lipinski definition) is 0. The van der Waals surface area contributed by atoms with Gasteiger partial charge in [-0.1, -0.05) is 5.73 Å². The van der Waals surface area contributed by atoms with Gasteiger partial charge in [-0.25, -0.2) is 4.99 Å². The molecule has 1 aromatic rings. The Hall–Kier alpha value is -2.78. The maximum absolute atomic E-state index is 5.62. The maximum atomic E-state index is 5.62. The van der Waals surface area contributed by atoms with Crippen molar-refractivity contribution in [1.29, 1.82) is 0 Å². The van der Waals surface area contributed by atoms with Gasteiger partial charge in [0.25, 0.3) is 0 Å². The molecule has 0 spiro atoms. The summed E-state index contributed by atoms with van der Waals surface area (Å²) in [5, 5.41) is 1.39. The summed E-state index contributed by atoms with van der Waals surface area (Å²) in [5.74, 6) is 0.904. The van der Waals surface area contributed by atoms with Crippen LogP contribution in [0.3, 0.4) is 0 Å². The summed E-state index contributed by atoms with van der Waals surface area (Å²) in [6.45, 7) is 4.23. The van der Waals surface area contributed by atoms with Crippen LogP contribution >= 0.6 is 0 Å². The topological polar surface area (TPSA) is 59.2 Å². The lowest BCUT2D eigenvalue weighted by atomic mass is 10.2. The molecular formula is C14H10N4O. The van der Waals surface area contributed by atoms with E-state index >= 15 is 0 Å². The minimum Gasteiger partial charge on any atom is -0.439 e. The lowest BCUT2D eigenvalue weighted by Crippen LogP contribution is -2.26. The molecule has 5 heteroatoms. The highest BCUT2D eigenvalue weighted by Crippen LogP contribution is 2.13. The van der Waals surface area contributed by atoms with Crippen molar-refractivity contribution in [2.24, 2.45) is 15.0 Å². The van der Waals surface area contributed by atoms with Crippen molar-refractivity contribution in [1.82, 2.24) is 4.98 Å². The molecule has 3 rings (SSSR count). The molecule has 1 aromatic heterocycles. The van der Waals surface area contributed by atoms with Crippen molar-refractivity contribution in [2.45, 2.75) is 0 Å². The molecule has 19 heavy (non-hydrogen) atoms. The number of aliphatic imine (C=N–C) groups is 1. The second kappa shape index (κ2) is 4.84. The summed E-state index contributed by atoms with van der Waals surface area (Å²) in [7, 11) is 0. The molecule has 0 saturated heterocycles. The summed E-state index contributed by atoms with van der Waals surface area (Å²) in [4.78, 5) is 16.9. The molecule has 0 atom stereocenters. The summed E-state index contributed by atoms with van der Waals surface area (Å²) in [6, 6.07) is 1.77. The van der Waals surface area contributed by atoms with Crippen LogP contribution in [0.1, 0.15) is 0 Å². The van der Waals surface area contributed by atoms with Crippen LogP contribution in [-0.4, -0.2) is 17.7 Å². The van der Waals surface area contributed by atoms with Gasteiger partial charge in [-0.3, -0.25) is 15.0 Å². The Morgan fingerprint density at radius 1 is 1.32 bits per heavy atom. The maximum Gasteiger partial charge on any atom is 0.212 e. The van der Waals surface area contributed by atoms with E-state index in [1.54, 1.807) is 37.0 Å². The standard InChI is InChI=1S/C14H10N4O/c1-10-18-12-4-6-16-9-13(12)17-8-11-7-15-5-2-3-14(11)19-10/h3-7,9H,1,8H2. The van der Waals surface area contributed by atoms with E-state index in [0.717, 1.165) is 5.57 Å². The molecule has 2 aliphatic heterocycles. The zero-order chi connectivity index (χ0) is 13.1. The molecule has 0 bridgehead atoms. The SMILES string of the molecule is C=C1N=c2ccncc2=NCC2=C(C=C=CN=C2)O1. The number of allylic oxidation sites excluding steroid dienone is 1. The fourth-order valence-corrected chi connectivity index (χ4v) is 1.70. The van der Waals surface area contributed by atoms with Gasteiger partial charge in [0.05, 0.1) is 24.3 Å². The summed E-state index contributed by atoms with van der Waals surface area (Å²) < 4.78 is 5.62. The molecule has 0 saturated carbocycles. The van der Waals surface area contributed by atoms with Crippen LogP contribution in [0, 0.1) is 0 Å². The first-order chi connectivity index (χ1) is 9.33. The number of ether oxygens (including phenoxy) is 1. The van der Waals surface area contributed by atoms with Crippen LogP contribution in [-0.2, 0) is 4.74 Å². The van der Waals surface area contributed by atoms with Gasteiger partial charge >= 0.3 is 0 Å². The third kappa shape index (κ3) is 2.41. The van der Waals surface area contributed by atoms with Crippen LogP contribution in [0.15, 0.2) is 75.2 Å². The van der Waals surface area contributed by atoms with Crippen molar-refractivity contribution < 1.29 is 4.74 Å². The van der Waals surface area contributed by atoms with Crippen LogP contribution in [0.2, 0.25) is 0 Å². The quantitative estimate of drug-likeness (QED) is 0.640. The minimum absolute atomic E-state index is 0.297. The number of aromatic nitrogens is 1. The van der Waals surface area contributed by atoms with Gasteiger partial charge in [0.1, 0.15) is 11.1 Å². The predicted molar refractivity (Wildman–Crippen MR) is 69.8 cm³/mol. The predicted octanol–water partition coefficient (Wildman–Crippen LogP) is 0.830. The molecule has 0 unspecified atom stereocenters. The number of fused-ring (bicyclic) bond motifs is 1. The average molecular weight is 250 g/mol. The Kier molecular flexibility index (Phi) is 2.88. The van der Waals surface area contributed by atoms with Crippen molar-refractivity contribution in [3.05, 3.63) is 71.0 Å². The first-order valence-corrected chi connectivity index (χ1v) is 5.70. The Labute approximate surface area is 109 Å². The molecule has 0 fully saturated rings. The molecule has 3 heterocycles. The van der Waals surface area contributed by atoms with E-state index in [9.17, 15) is 0 Å². The zero-order valence-corrected chi connectivity index (χ0v) is 10.1. The Bertz CT molecular complexity index is 780. The largest absolute Gasteiger partial charge is 0.439 e. The first-order valence-electron chi connectivity index (χ1n) is 5.70. The average Bonchev–Trinajstić information content (AvgIpc) is 2.59. The monoisotopic (exact) mass is 250 g/mol. The van der Waals surface area contributed by atoms with E-state index in [1.807, 2.05) is 0 Å². The van der Waals surface area contributed by atoms with Crippen molar-refractivity contribution in [2.75, 3.05) is 6.54 Å². The molecule has 5 nitrogen and oxygen atoms in total. The van der Waals surface area contributed by atoms with Gasteiger partial charge in [0.2, 0.25) is 5.88 Å². The lowest BCUT2D eigenvalue weighted by molar-refractivity contribution is 0.314. The highest BCUT2D eigenvalue weighted by molar-refractivity contribution is 5.81. The van der Waals surface area contributed by atoms with E-state index in [1.165, 1.54) is 0 Å². The van der Waals surface area contributed by atoms with Crippen molar-refractivity contribution >= 4 is 6.21 Å². The Morgan fingerprint density at radius 2 is 2.26 bits per heavy atom. The first kappa shape index (κ1) is 11.3. The molecule has 0 aliphatic carbocycles. The van der Waals surface area contributed by atoms with E-state index in [0.29, 0.717) is 28.9 Å². The van der Waals surface area contributed by atoms with Gasteiger partial charge in [-0.05, 0) is 12.6 Å². The molecular weight excluding hydrogens is 240 g/mol. The fourth-order valence-electron chi connectivity index (χ4n) is 1.70. The van der Waals surface area contributed by atoms with Crippen molar-refractivity contribution in [3.8, 4) is 0 Å². The van der Waals surface area contributed by atoms with Crippen LogP contribution < -0.4 is 10.7 Å². The van der Waals surface area contributed by atoms with Gasteiger partial charge < -0.3 is 4.74 Å². The second-order valence-electron chi connectivity index (χ2n) is 3.90. The molecule has 2 aliphatic rings. The molecule has 92 valence electrons. The third-order valence-electron chi connectivity index (χ3n) is 2.58. The number of rotatable bonds is 0.